The summed E-state index contributed by atoms with van der Waals surface area (Å²) < 4.78 is 11.1. The first-order valence-corrected chi connectivity index (χ1v) is 8.52. The summed E-state index contributed by atoms with van der Waals surface area (Å²) in [6.45, 7) is 3.60. The lowest BCUT2D eigenvalue weighted by Gasteiger charge is -2.18. The molecule has 0 spiro atoms. The van der Waals surface area contributed by atoms with Crippen LogP contribution in [0, 0.1) is 0 Å². The molecule has 0 aliphatic heterocycles. The van der Waals surface area contributed by atoms with E-state index in [1.165, 1.54) is 7.11 Å². The molecule has 2 rings (SSSR count). The van der Waals surface area contributed by atoms with Gasteiger partial charge in [-0.05, 0) is 43.5 Å². The van der Waals surface area contributed by atoms with Crippen LogP contribution in [0.3, 0.4) is 0 Å². The second-order valence-electron chi connectivity index (χ2n) is 6.33. The number of hydrogen-bond donors (Lipinski definition) is 1. The number of carbonyl (C=O) groups is 3. The van der Waals surface area contributed by atoms with Gasteiger partial charge in [0.25, 0.3) is 0 Å². The molecule has 0 saturated carbocycles. The first kappa shape index (κ1) is 20.2. The van der Waals surface area contributed by atoms with Crippen molar-refractivity contribution < 1.29 is 29.0 Å². The Bertz CT molecular complexity index is 839. The standard InChI is InChI=1S/C21H22O6/c1-13(2)27-20-16(17(22)12-18(23)21(24)25)10-15(11-19(20)26-3)9-14-7-5-4-6-8-14/h4-8,10-11,13H,9,12H2,1-3H3,(H,24,25). The Morgan fingerprint density at radius 2 is 1.70 bits per heavy atom. The van der Waals surface area contributed by atoms with Gasteiger partial charge in [-0.3, -0.25) is 9.59 Å². The highest BCUT2D eigenvalue weighted by molar-refractivity contribution is 6.37. The summed E-state index contributed by atoms with van der Waals surface area (Å²) in [5.41, 5.74) is 1.97. The normalized spacial score (nSPS) is 10.5. The van der Waals surface area contributed by atoms with Crippen molar-refractivity contribution in [2.45, 2.75) is 32.8 Å². The smallest absolute Gasteiger partial charge is 0.372 e. The minimum absolute atomic E-state index is 0.142. The highest BCUT2D eigenvalue weighted by Crippen LogP contribution is 2.35. The van der Waals surface area contributed by atoms with Crippen molar-refractivity contribution in [3.63, 3.8) is 0 Å². The summed E-state index contributed by atoms with van der Waals surface area (Å²) in [7, 11) is 1.46. The van der Waals surface area contributed by atoms with Crippen molar-refractivity contribution in [3.8, 4) is 11.5 Å². The van der Waals surface area contributed by atoms with Crippen LogP contribution in [-0.4, -0.2) is 35.9 Å². The molecule has 0 aliphatic carbocycles. The lowest BCUT2D eigenvalue weighted by atomic mass is 9.97. The molecule has 0 saturated heterocycles. The zero-order chi connectivity index (χ0) is 20.0. The van der Waals surface area contributed by atoms with Crippen LogP contribution in [0.2, 0.25) is 0 Å². The van der Waals surface area contributed by atoms with Crippen molar-refractivity contribution in [1.29, 1.82) is 0 Å². The van der Waals surface area contributed by atoms with Crippen LogP contribution in [0.5, 0.6) is 11.5 Å². The van der Waals surface area contributed by atoms with E-state index in [0.717, 1.165) is 11.1 Å². The maximum absolute atomic E-state index is 12.6. The minimum atomic E-state index is -1.64. The first-order chi connectivity index (χ1) is 12.8. The molecule has 0 bridgehead atoms. The van der Waals surface area contributed by atoms with Gasteiger partial charge in [0.1, 0.15) is 0 Å². The lowest BCUT2D eigenvalue weighted by Crippen LogP contribution is -2.19. The van der Waals surface area contributed by atoms with Crippen molar-refractivity contribution in [1.82, 2.24) is 0 Å². The van der Waals surface area contributed by atoms with Gasteiger partial charge in [-0.1, -0.05) is 30.3 Å². The summed E-state index contributed by atoms with van der Waals surface area (Å²) in [5, 5.41) is 8.79. The average Bonchev–Trinajstić information content (AvgIpc) is 2.62. The van der Waals surface area contributed by atoms with E-state index in [2.05, 4.69) is 0 Å². The molecule has 142 valence electrons. The summed E-state index contributed by atoms with van der Waals surface area (Å²) in [6, 6.07) is 13.1. The van der Waals surface area contributed by atoms with Gasteiger partial charge < -0.3 is 14.6 Å². The van der Waals surface area contributed by atoms with Gasteiger partial charge >= 0.3 is 5.97 Å². The molecular weight excluding hydrogens is 348 g/mol. The second kappa shape index (κ2) is 8.98. The van der Waals surface area contributed by atoms with E-state index in [0.29, 0.717) is 12.2 Å². The van der Waals surface area contributed by atoms with E-state index in [-0.39, 0.29) is 17.4 Å². The van der Waals surface area contributed by atoms with E-state index in [1.807, 2.05) is 30.3 Å². The fraction of sp³-hybridized carbons (Fsp3) is 0.286. The van der Waals surface area contributed by atoms with Crippen molar-refractivity contribution in [2.24, 2.45) is 0 Å². The Hall–Kier alpha value is -3.15. The van der Waals surface area contributed by atoms with Crippen molar-refractivity contribution >= 4 is 17.5 Å². The van der Waals surface area contributed by atoms with E-state index in [4.69, 9.17) is 14.6 Å². The van der Waals surface area contributed by atoms with Gasteiger partial charge in [0.2, 0.25) is 5.78 Å². The predicted octanol–water partition coefficient (Wildman–Crippen LogP) is 3.30. The van der Waals surface area contributed by atoms with Crippen LogP contribution >= 0.6 is 0 Å². The number of benzene rings is 2. The molecule has 0 atom stereocenters. The van der Waals surface area contributed by atoms with Gasteiger partial charge in [0.05, 0.1) is 25.2 Å². The average molecular weight is 370 g/mol. The third-order valence-electron chi connectivity index (χ3n) is 3.80. The summed E-state index contributed by atoms with van der Waals surface area (Å²) in [5.74, 6) is -2.84. The highest BCUT2D eigenvalue weighted by Gasteiger charge is 2.24. The molecule has 1 N–H and O–H groups in total. The number of carboxylic acid groups (broad SMARTS) is 1. The number of carbonyl (C=O) groups excluding carboxylic acids is 2. The molecular formula is C21H22O6. The van der Waals surface area contributed by atoms with Gasteiger partial charge in [0.15, 0.2) is 17.3 Å². The molecule has 0 fully saturated rings. The predicted molar refractivity (Wildman–Crippen MR) is 99.6 cm³/mol. The third-order valence-corrected chi connectivity index (χ3v) is 3.80. The number of ether oxygens (including phenoxy) is 2. The second-order valence-corrected chi connectivity index (χ2v) is 6.33. The minimum Gasteiger partial charge on any atom is -0.493 e. The molecule has 6 nitrogen and oxygen atoms in total. The number of Topliss-reactive ketones (excluding diaryl/α,β-unsaturated/α-hetero) is 2. The lowest BCUT2D eigenvalue weighted by molar-refractivity contribution is -0.148. The van der Waals surface area contributed by atoms with Crippen LogP contribution in [0.25, 0.3) is 0 Å². The summed E-state index contributed by atoms with van der Waals surface area (Å²) in [4.78, 5) is 34.9. The Morgan fingerprint density at radius 3 is 2.26 bits per heavy atom. The van der Waals surface area contributed by atoms with Crippen LogP contribution in [0.15, 0.2) is 42.5 Å². The Kier molecular flexibility index (Phi) is 6.71. The fourth-order valence-corrected chi connectivity index (χ4v) is 2.63. The summed E-state index contributed by atoms with van der Waals surface area (Å²) >= 11 is 0. The molecule has 0 amide bonds. The van der Waals surface area contributed by atoms with E-state index in [1.54, 1.807) is 26.0 Å². The molecule has 0 radical (unpaired) electrons. The molecule has 27 heavy (non-hydrogen) atoms. The Balaban J connectivity index is 2.48. The van der Waals surface area contributed by atoms with Gasteiger partial charge in [-0.2, -0.15) is 0 Å². The highest BCUT2D eigenvalue weighted by atomic mass is 16.5. The number of ketones is 2. The van der Waals surface area contributed by atoms with Crippen molar-refractivity contribution in [3.05, 3.63) is 59.2 Å². The van der Waals surface area contributed by atoms with Crippen LogP contribution in [0.1, 0.15) is 41.8 Å². The number of methoxy groups -OCH3 is 1. The molecule has 0 unspecified atom stereocenters. The van der Waals surface area contributed by atoms with Crippen molar-refractivity contribution in [2.75, 3.05) is 7.11 Å². The fourth-order valence-electron chi connectivity index (χ4n) is 2.63. The number of aliphatic carboxylic acids is 1. The SMILES string of the molecule is COc1cc(Cc2ccccc2)cc(C(=O)CC(=O)C(=O)O)c1OC(C)C. The molecule has 2 aromatic carbocycles. The maximum Gasteiger partial charge on any atom is 0.372 e. The van der Waals surface area contributed by atoms with Crippen LogP contribution in [0.4, 0.5) is 0 Å². The largest absolute Gasteiger partial charge is 0.493 e. The maximum atomic E-state index is 12.6. The number of rotatable bonds is 9. The van der Waals surface area contributed by atoms with Crippen LogP contribution in [-0.2, 0) is 16.0 Å². The summed E-state index contributed by atoms with van der Waals surface area (Å²) in [6.07, 6.45) is -0.422. The Morgan fingerprint density at radius 1 is 1.04 bits per heavy atom. The van der Waals surface area contributed by atoms with Gasteiger partial charge in [0, 0.05) is 0 Å². The molecule has 0 aliphatic rings. The molecule has 0 aromatic heterocycles. The zero-order valence-corrected chi connectivity index (χ0v) is 15.5. The van der Waals surface area contributed by atoms with Gasteiger partial charge in [-0.25, -0.2) is 4.79 Å². The monoisotopic (exact) mass is 370 g/mol. The van der Waals surface area contributed by atoms with E-state index >= 15 is 0 Å². The third kappa shape index (κ3) is 5.41. The first-order valence-electron chi connectivity index (χ1n) is 8.52. The van der Waals surface area contributed by atoms with Crippen LogP contribution < -0.4 is 9.47 Å². The van der Waals surface area contributed by atoms with E-state index < -0.39 is 24.0 Å². The number of hydrogen-bond acceptors (Lipinski definition) is 5. The number of carboxylic acids is 1. The quantitative estimate of drug-likeness (QED) is 0.414. The molecule has 0 heterocycles. The van der Waals surface area contributed by atoms with Gasteiger partial charge in [-0.15, -0.1) is 0 Å². The Labute approximate surface area is 157 Å². The molecule has 2 aromatic rings. The zero-order valence-electron chi connectivity index (χ0n) is 15.5. The van der Waals surface area contributed by atoms with E-state index in [9.17, 15) is 14.4 Å². The molecule has 6 heteroatoms. The topological polar surface area (TPSA) is 89.9 Å².